The molecule has 0 radical (unpaired) electrons. The highest BCUT2D eigenvalue weighted by Crippen LogP contribution is 2.42. The second-order valence-corrected chi connectivity index (χ2v) is 5.91. The summed E-state index contributed by atoms with van der Waals surface area (Å²) >= 11 is 1.84. The molecule has 1 atom stereocenters. The van der Waals surface area contributed by atoms with Crippen LogP contribution in [-0.4, -0.2) is 27.6 Å². The Labute approximate surface area is 102 Å². The van der Waals surface area contributed by atoms with Gasteiger partial charge in [0.2, 0.25) is 5.89 Å². The molecule has 2 heterocycles. The molecule has 17 heavy (non-hydrogen) atoms. The minimum atomic E-state index is -2.55. The van der Waals surface area contributed by atoms with E-state index >= 15 is 0 Å². The summed E-state index contributed by atoms with van der Waals surface area (Å²) in [6.07, 6.45) is 1.37. The number of rotatable bonds is 3. The lowest BCUT2D eigenvalue weighted by molar-refractivity contribution is -0.0385. The van der Waals surface area contributed by atoms with Crippen molar-refractivity contribution < 1.29 is 13.3 Å². The second-order valence-electron chi connectivity index (χ2n) is 4.84. The van der Waals surface area contributed by atoms with Gasteiger partial charge in [-0.25, -0.2) is 8.78 Å². The molecule has 1 aromatic rings. The fraction of sp³-hybridized carbons (Fsp3) is 0.818. The summed E-state index contributed by atoms with van der Waals surface area (Å²) < 4.78 is 32.0. The van der Waals surface area contributed by atoms with Crippen LogP contribution in [0.2, 0.25) is 0 Å². The Morgan fingerprint density at radius 2 is 2.24 bits per heavy atom. The number of hydrogen-bond donors (Lipinski definition) is 0. The Morgan fingerprint density at radius 1 is 1.41 bits per heavy atom. The molecule has 1 aliphatic heterocycles. The van der Waals surface area contributed by atoms with Gasteiger partial charge in [0.05, 0.1) is 0 Å². The van der Waals surface area contributed by atoms with Crippen molar-refractivity contribution in [2.24, 2.45) is 5.92 Å². The lowest BCUT2D eigenvalue weighted by atomic mass is 10.0. The predicted octanol–water partition coefficient (Wildman–Crippen LogP) is 2.88. The molecule has 94 valence electrons. The zero-order chi connectivity index (χ0) is 11.9. The number of halogens is 2. The van der Waals surface area contributed by atoms with Crippen LogP contribution in [0, 0.1) is 5.92 Å². The van der Waals surface area contributed by atoms with Crippen LogP contribution in [0.15, 0.2) is 4.52 Å². The molecule has 0 aromatic carbocycles. The van der Waals surface area contributed by atoms with Crippen LogP contribution in [-0.2, 0) is 6.42 Å². The summed E-state index contributed by atoms with van der Waals surface area (Å²) in [4.78, 5) is 4.24. The lowest BCUT2D eigenvalue weighted by Crippen LogP contribution is -2.23. The molecule has 1 unspecified atom stereocenters. The van der Waals surface area contributed by atoms with E-state index in [1.165, 1.54) is 0 Å². The van der Waals surface area contributed by atoms with Crippen molar-refractivity contribution in [3.05, 3.63) is 11.7 Å². The maximum absolute atomic E-state index is 13.4. The third-order valence-corrected chi connectivity index (χ3v) is 4.84. The smallest absolute Gasteiger partial charge is 0.251 e. The van der Waals surface area contributed by atoms with E-state index in [2.05, 4.69) is 10.1 Å². The van der Waals surface area contributed by atoms with E-state index in [0.29, 0.717) is 30.5 Å². The first-order valence-corrected chi connectivity index (χ1v) is 7.08. The Bertz CT molecular complexity index is 406. The molecule has 1 saturated heterocycles. The molecular formula is C11H14F2N2OS. The Hall–Kier alpha value is -0.650. The highest BCUT2D eigenvalue weighted by Gasteiger charge is 2.44. The molecule has 0 bridgehead atoms. The van der Waals surface area contributed by atoms with E-state index in [9.17, 15) is 8.78 Å². The monoisotopic (exact) mass is 260 g/mol. The maximum atomic E-state index is 13.4. The fourth-order valence-corrected chi connectivity index (χ4v) is 3.13. The van der Waals surface area contributed by atoms with Gasteiger partial charge in [-0.2, -0.15) is 16.7 Å². The number of alkyl halides is 2. The van der Waals surface area contributed by atoms with Crippen LogP contribution in [0.4, 0.5) is 8.78 Å². The number of aromatic nitrogens is 2. The average Bonchev–Trinajstić information content (AvgIpc) is 2.73. The minimum absolute atomic E-state index is 0.00206. The first-order valence-electron chi connectivity index (χ1n) is 5.93. The highest BCUT2D eigenvalue weighted by atomic mass is 32.2. The number of hydrogen-bond acceptors (Lipinski definition) is 4. The maximum Gasteiger partial charge on any atom is 0.251 e. The quantitative estimate of drug-likeness (QED) is 0.837. The molecule has 6 heteroatoms. The Balaban J connectivity index is 1.66. The zero-order valence-corrected chi connectivity index (χ0v) is 10.2. The van der Waals surface area contributed by atoms with Crippen molar-refractivity contribution in [3.63, 3.8) is 0 Å². The van der Waals surface area contributed by atoms with Gasteiger partial charge in [0.25, 0.3) is 5.92 Å². The first-order chi connectivity index (χ1) is 8.15. The van der Waals surface area contributed by atoms with Gasteiger partial charge in [-0.05, 0) is 12.8 Å². The molecule has 3 rings (SSSR count). The van der Waals surface area contributed by atoms with Crippen LogP contribution in [0.5, 0.6) is 0 Å². The molecule has 2 fully saturated rings. The summed E-state index contributed by atoms with van der Waals surface area (Å²) in [5.74, 6) is 0.287. The molecule has 1 aliphatic carbocycles. The fourth-order valence-electron chi connectivity index (χ4n) is 2.36. The van der Waals surface area contributed by atoms with E-state index in [1.54, 1.807) is 0 Å². The van der Waals surface area contributed by atoms with Gasteiger partial charge in [0, 0.05) is 36.2 Å². The van der Waals surface area contributed by atoms with Gasteiger partial charge in [-0.3, -0.25) is 0 Å². The second kappa shape index (κ2) is 4.23. The zero-order valence-electron chi connectivity index (χ0n) is 9.36. The van der Waals surface area contributed by atoms with Crippen molar-refractivity contribution in [3.8, 4) is 0 Å². The molecule has 1 aromatic heterocycles. The van der Waals surface area contributed by atoms with Crippen LogP contribution in [0.1, 0.15) is 36.9 Å². The molecule has 0 amide bonds. The number of thioether (sulfide) groups is 1. The highest BCUT2D eigenvalue weighted by molar-refractivity contribution is 8.00. The minimum Gasteiger partial charge on any atom is -0.339 e. The Kier molecular flexibility index (Phi) is 2.84. The average molecular weight is 260 g/mol. The van der Waals surface area contributed by atoms with E-state index in [-0.39, 0.29) is 12.8 Å². The van der Waals surface area contributed by atoms with Gasteiger partial charge in [0.1, 0.15) is 0 Å². The molecule has 2 aliphatic rings. The van der Waals surface area contributed by atoms with Crippen molar-refractivity contribution in [1.29, 1.82) is 0 Å². The summed E-state index contributed by atoms with van der Waals surface area (Å²) in [6.45, 7) is 0. The topological polar surface area (TPSA) is 38.9 Å². The molecule has 0 N–H and O–H groups in total. The van der Waals surface area contributed by atoms with E-state index < -0.39 is 11.8 Å². The van der Waals surface area contributed by atoms with Gasteiger partial charge in [0.15, 0.2) is 5.82 Å². The van der Waals surface area contributed by atoms with Gasteiger partial charge in [-0.1, -0.05) is 5.16 Å². The third-order valence-electron chi connectivity index (χ3n) is 3.57. The molecule has 3 nitrogen and oxygen atoms in total. The van der Waals surface area contributed by atoms with Gasteiger partial charge < -0.3 is 4.52 Å². The summed E-state index contributed by atoms with van der Waals surface area (Å²) in [7, 11) is 0. The summed E-state index contributed by atoms with van der Waals surface area (Å²) in [5.41, 5.74) is 0. The van der Waals surface area contributed by atoms with Gasteiger partial charge >= 0.3 is 0 Å². The predicted molar refractivity (Wildman–Crippen MR) is 60.4 cm³/mol. The van der Waals surface area contributed by atoms with Crippen LogP contribution in [0.3, 0.4) is 0 Å². The molecular weight excluding hydrogens is 246 g/mol. The van der Waals surface area contributed by atoms with Crippen molar-refractivity contribution in [2.45, 2.75) is 37.5 Å². The SMILES string of the molecule is FC1(F)CCCC1Cc1nc(C2CSC2)no1. The normalized spacial score (nSPS) is 28.2. The van der Waals surface area contributed by atoms with Crippen molar-refractivity contribution in [1.82, 2.24) is 10.1 Å². The van der Waals surface area contributed by atoms with E-state index in [1.807, 2.05) is 11.8 Å². The standard InChI is InChI=1S/C11H14F2N2OS/c12-11(13)3-1-2-8(11)4-9-14-10(15-16-9)7-5-17-6-7/h7-8H,1-6H2. The van der Waals surface area contributed by atoms with E-state index in [4.69, 9.17) is 4.52 Å². The van der Waals surface area contributed by atoms with Gasteiger partial charge in [-0.15, -0.1) is 0 Å². The largest absolute Gasteiger partial charge is 0.339 e. The van der Waals surface area contributed by atoms with Crippen molar-refractivity contribution >= 4 is 11.8 Å². The number of nitrogens with zero attached hydrogens (tertiary/aromatic N) is 2. The van der Waals surface area contributed by atoms with Crippen molar-refractivity contribution in [2.75, 3.05) is 11.5 Å². The van der Waals surface area contributed by atoms with Crippen LogP contribution in [0.25, 0.3) is 0 Å². The summed E-state index contributed by atoms with van der Waals surface area (Å²) in [6, 6.07) is 0. The molecule has 1 saturated carbocycles. The first kappa shape index (κ1) is 11.4. The van der Waals surface area contributed by atoms with Crippen LogP contribution < -0.4 is 0 Å². The van der Waals surface area contributed by atoms with Crippen LogP contribution >= 0.6 is 11.8 Å². The lowest BCUT2D eigenvalue weighted by Gasteiger charge is -2.20. The third kappa shape index (κ3) is 2.19. The van der Waals surface area contributed by atoms with E-state index in [0.717, 1.165) is 11.5 Å². The Morgan fingerprint density at radius 3 is 2.82 bits per heavy atom. The summed E-state index contributed by atoms with van der Waals surface area (Å²) in [5, 5.41) is 3.88. The molecule has 0 spiro atoms.